The monoisotopic (exact) mass is 420 g/mol. The Hall–Kier alpha value is -0.650. The molecule has 0 aliphatic heterocycles. The van der Waals surface area contributed by atoms with Crippen LogP contribution in [0.15, 0.2) is 11.6 Å². The SMILES string of the molecule is CC(=O)SC1CC2=CC(=O)CC[C@]2(C)[C@@H]2CC[C@@]3(C)[C@@H](CCC3(O)CCCO)[C@H]12. The Kier molecular flexibility index (Phi) is 5.57. The first-order chi connectivity index (χ1) is 13.6. The van der Waals surface area contributed by atoms with Gasteiger partial charge < -0.3 is 10.2 Å². The van der Waals surface area contributed by atoms with E-state index in [0.717, 1.165) is 38.5 Å². The van der Waals surface area contributed by atoms with Gasteiger partial charge in [-0.25, -0.2) is 0 Å². The minimum Gasteiger partial charge on any atom is -0.396 e. The molecule has 0 heterocycles. The molecule has 0 spiro atoms. The maximum Gasteiger partial charge on any atom is 0.186 e. The summed E-state index contributed by atoms with van der Waals surface area (Å²) in [6, 6.07) is 0. The molecule has 0 saturated heterocycles. The summed E-state index contributed by atoms with van der Waals surface area (Å²) in [7, 11) is 0. The van der Waals surface area contributed by atoms with Crippen molar-refractivity contribution in [2.75, 3.05) is 6.61 Å². The third-order valence-corrected chi connectivity index (χ3v) is 10.5. The third-order valence-electron chi connectivity index (χ3n) is 9.35. The quantitative estimate of drug-likeness (QED) is 0.710. The van der Waals surface area contributed by atoms with Crippen molar-refractivity contribution in [1.82, 2.24) is 0 Å². The maximum absolute atomic E-state index is 12.2. The minimum atomic E-state index is -0.712. The number of hydrogen-bond acceptors (Lipinski definition) is 5. The Morgan fingerprint density at radius 2 is 1.93 bits per heavy atom. The summed E-state index contributed by atoms with van der Waals surface area (Å²) in [4.78, 5) is 24.3. The molecular weight excluding hydrogens is 384 g/mol. The molecule has 2 N–H and O–H groups in total. The molecule has 0 aromatic carbocycles. The average molecular weight is 421 g/mol. The lowest BCUT2D eigenvalue weighted by molar-refractivity contribution is -0.132. The van der Waals surface area contributed by atoms with E-state index in [1.54, 1.807) is 6.92 Å². The second kappa shape index (κ2) is 7.49. The molecule has 3 fully saturated rings. The summed E-state index contributed by atoms with van der Waals surface area (Å²) in [6.07, 6.45) is 9.44. The highest BCUT2D eigenvalue weighted by Gasteiger charge is 2.65. The van der Waals surface area contributed by atoms with Gasteiger partial charge in [-0.15, -0.1) is 0 Å². The molecule has 4 nitrogen and oxygen atoms in total. The van der Waals surface area contributed by atoms with Crippen LogP contribution < -0.4 is 0 Å². The molecule has 0 amide bonds. The van der Waals surface area contributed by atoms with Crippen molar-refractivity contribution >= 4 is 22.7 Å². The molecule has 2 unspecified atom stereocenters. The van der Waals surface area contributed by atoms with Crippen molar-refractivity contribution in [3.8, 4) is 0 Å². The van der Waals surface area contributed by atoms with Gasteiger partial charge in [-0.1, -0.05) is 31.2 Å². The number of fused-ring (bicyclic) bond motifs is 5. The van der Waals surface area contributed by atoms with E-state index in [2.05, 4.69) is 13.8 Å². The van der Waals surface area contributed by atoms with E-state index >= 15 is 0 Å². The van der Waals surface area contributed by atoms with Crippen LogP contribution in [0.1, 0.15) is 78.6 Å². The summed E-state index contributed by atoms with van der Waals surface area (Å²) in [5.41, 5.74) is 0.461. The van der Waals surface area contributed by atoms with E-state index < -0.39 is 5.60 Å². The first-order valence-corrected chi connectivity index (χ1v) is 12.3. The van der Waals surface area contributed by atoms with Crippen LogP contribution in [0.3, 0.4) is 0 Å². The Bertz CT molecular complexity index is 732. The van der Waals surface area contributed by atoms with Crippen molar-refractivity contribution in [3.63, 3.8) is 0 Å². The van der Waals surface area contributed by atoms with Gasteiger partial charge in [-0.05, 0) is 86.0 Å². The summed E-state index contributed by atoms with van der Waals surface area (Å²) >= 11 is 1.47. The number of ketones is 1. The molecule has 3 saturated carbocycles. The van der Waals surface area contributed by atoms with Crippen LogP contribution in [0, 0.1) is 28.6 Å². The van der Waals surface area contributed by atoms with E-state index in [9.17, 15) is 19.8 Å². The Morgan fingerprint density at radius 1 is 1.21 bits per heavy atom. The maximum atomic E-state index is 12.2. The molecule has 0 radical (unpaired) electrons. The predicted molar refractivity (Wildman–Crippen MR) is 115 cm³/mol. The number of aliphatic hydroxyl groups is 2. The molecular formula is C24H36O4S. The van der Waals surface area contributed by atoms with Gasteiger partial charge in [0.1, 0.15) is 0 Å². The summed E-state index contributed by atoms with van der Waals surface area (Å²) in [5, 5.41) is 21.3. The molecule has 0 aromatic rings. The minimum absolute atomic E-state index is 0.0551. The highest BCUT2D eigenvalue weighted by molar-refractivity contribution is 8.14. The highest BCUT2D eigenvalue weighted by atomic mass is 32.2. The molecule has 29 heavy (non-hydrogen) atoms. The number of carbonyl (C=O) groups is 2. The first kappa shape index (κ1) is 21.6. The number of rotatable bonds is 4. The number of allylic oxidation sites excluding steroid dienone is 1. The van der Waals surface area contributed by atoms with Gasteiger partial charge in [-0.3, -0.25) is 9.59 Å². The fourth-order valence-electron chi connectivity index (χ4n) is 7.73. The fraction of sp³-hybridized carbons (Fsp3) is 0.833. The van der Waals surface area contributed by atoms with Crippen molar-refractivity contribution in [3.05, 3.63) is 11.6 Å². The standard InChI is InChI=1S/C24H36O4S/c1-15(26)29-20-14-16-13-17(27)5-9-22(16,2)18-6-10-23(3)19(21(18)20)7-11-24(23,28)8-4-12-25/h13,18-21,25,28H,4-12,14H2,1-3H3/t18-,19+,20?,21-,22+,23+,24?/m1/s1. The van der Waals surface area contributed by atoms with Crippen LogP contribution in [0.5, 0.6) is 0 Å². The van der Waals surface area contributed by atoms with Crippen LogP contribution >= 0.6 is 11.8 Å². The Balaban J connectivity index is 1.72. The molecule has 5 heteroatoms. The van der Waals surface area contributed by atoms with Gasteiger partial charge in [0.25, 0.3) is 0 Å². The lowest BCUT2D eigenvalue weighted by Gasteiger charge is -2.61. The van der Waals surface area contributed by atoms with Crippen molar-refractivity contribution in [2.45, 2.75) is 89.4 Å². The van der Waals surface area contributed by atoms with Crippen LogP contribution in [0.25, 0.3) is 0 Å². The summed E-state index contributed by atoms with van der Waals surface area (Å²) in [5.74, 6) is 1.52. The summed E-state index contributed by atoms with van der Waals surface area (Å²) < 4.78 is 0. The lowest BCUT2D eigenvalue weighted by Crippen LogP contribution is -2.57. The number of thioether (sulfide) groups is 1. The molecule has 162 valence electrons. The van der Waals surface area contributed by atoms with E-state index in [1.807, 2.05) is 6.08 Å². The Morgan fingerprint density at radius 3 is 2.62 bits per heavy atom. The summed E-state index contributed by atoms with van der Waals surface area (Å²) in [6.45, 7) is 6.40. The van der Waals surface area contributed by atoms with Crippen molar-refractivity contribution in [2.24, 2.45) is 28.6 Å². The van der Waals surface area contributed by atoms with E-state index in [-0.39, 0.29) is 33.6 Å². The van der Waals surface area contributed by atoms with Crippen LogP contribution in [-0.4, -0.2) is 38.6 Å². The second-order valence-corrected chi connectivity index (χ2v) is 12.0. The fourth-order valence-corrected chi connectivity index (χ4v) is 8.95. The third kappa shape index (κ3) is 3.27. The number of hydrogen-bond donors (Lipinski definition) is 2. The smallest absolute Gasteiger partial charge is 0.186 e. The van der Waals surface area contributed by atoms with Gasteiger partial charge in [-0.2, -0.15) is 0 Å². The normalized spacial score (nSPS) is 46.5. The van der Waals surface area contributed by atoms with E-state index in [1.165, 1.54) is 17.3 Å². The van der Waals surface area contributed by atoms with E-state index in [0.29, 0.717) is 37.0 Å². The van der Waals surface area contributed by atoms with Crippen LogP contribution in [-0.2, 0) is 9.59 Å². The number of aliphatic hydroxyl groups excluding tert-OH is 1. The topological polar surface area (TPSA) is 74.6 Å². The predicted octanol–water partition coefficient (Wildman–Crippen LogP) is 4.28. The zero-order valence-corrected chi connectivity index (χ0v) is 18.9. The number of carbonyl (C=O) groups excluding carboxylic acids is 2. The van der Waals surface area contributed by atoms with Crippen molar-refractivity contribution < 1.29 is 19.8 Å². The largest absolute Gasteiger partial charge is 0.396 e. The van der Waals surface area contributed by atoms with Crippen molar-refractivity contribution in [1.29, 1.82) is 0 Å². The molecule has 4 aliphatic carbocycles. The molecule has 0 bridgehead atoms. The van der Waals surface area contributed by atoms with Crippen LogP contribution in [0.2, 0.25) is 0 Å². The first-order valence-electron chi connectivity index (χ1n) is 11.4. The average Bonchev–Trinajstić information content (AvgIpc) is 2.92. The highest BCUT2D eigenvalue weighted by Crippen LogP contribution is 2.69. The zero-order chi connectivity index (χ0) is 21.0. The van der Waals surface area contributed by atoms with Gasteiger partial charge in [0.15, 0.2) is 10.9 Å². The van der Waals surface area contributed by atoms with E-state index in [4.69, 9.17) is 0 Å². The molecule has 4 rings (SSSR count). The van der Waals surface area contributed by atoms with Gasteiger partial charge in [0.2, 0.25) is 0 Å². The lowest BCUT2D eigenvalue weighted by atomic mass is 9.46. The molecule has 7 atom stereocenters. The zero-order valence-electron chi connectivity index (χ0n) is 18.1. The van der Waals surface area contributed by atoms with Gasteiger partial charge >= 0.3 is 0 Å². The van der Waals surface area contributed by atoms with Gasteiger partial charge in [0.05, 0.1) is 5.60 Å². The Labute approximate surface area is 178 Å². The van der Waals surface area contributed by atoms with Gasteiger partial charge in [0, 0.05) is 25.2 Å². The molecule has 4 aliphatic rings. The molecule has 0 aromatic heterocycles. The van der Waals surface area contributed by atoms with Crippen LogP contribution in [0.4, 0.5) is 0 Å². The second-order valence-electron chi connectivity index (χ2n) is 10.5.